The fraction of sp³-hybridized carbons (Fsp3) is 0.200. The Bertz CT molecular complexity index is 1200. The van der Waals surface area contributed by atoms with Crippen LogP contribution in [0.4, 0.5) is 14.9 Å². The van der Waals surface area contributed by atoms with E-state index in [1.807, 2.05) is 12.1 Å². The van der Waals surface area contributed by atoms with Gasteiger partial charge in [0.05, 0.1) is 31.0 Å². The molecular formula is C25H23FN4O4. The van der Waals surface area contributed by atoms with Crippen molar-refractivity contribution < 1.29 is 23.5 Å². The van der Waals surface area contributed by atoms with Gasteiger partial charge in [-0.3, -0.25) is 19.5 Å². The van der Waals surface area contributed by atoms with Gasteiger partial charge in [-0.25, -0.2) is 9.18 Å². The van der Waals surface area contributed by atoms with Crippen LogP contribution in [0.2, 0.25) is 0 Å². The summed E-state index contributed by atoms with van der Waals surface area (Å²) in [5.41, 5.74) is 2.49. The number of nitrogens with one attached hydrogen (secondary N) is 2. The summed E-state index contributed by atoms with van der Waals surface area (Å²) in [6, 6.07) is 16.5. The van der Waals surface area contributed by atoms with E-state index in [0.29, 0.717) is 28.9 Å². The van der Waals surface area contributed by atoms with Gasteiger partial charge < -0.3 is 15.4 Å². The van der Waals surface area contributed by atoms with Crippen LogP contribution >= 0.6 is 0 Å². The Morgan fingerprint density at radius 2 is 1.91 bits per heavy atom. The number of pyridine rings is 1. The molecule has 2 N–H and O–H groups in total. The number of halogens is 1. The molecule has 2 aromatic carbocycles. The molecule has 0 bridgehead atoms. The van der Waals surface area contributed by atoms with Gasteiger partial charge in [-0.2, -0.15) is 0 Å². The zero-order valence-electron chi connectivity index (χ0n) is 18.5. The smallest absolute Gasteiger partial charge is 0.414 e. The predicted molar refractivity (Wildman–Crippen MR) is 124 cm³/mol. The summed E-state index contributed by atoms with van der Waals surface area (Å²) in [5, 5.41) is 5.40. The van der Waals surface area contributed by atoms with Crippen molar-refractivity contribution in [1.82, 2.24) is 15.6 Å². The number of carbonyl (C=O) groups is 3. The van der Waals surface area contributed by atoms with E-state index in [-0.39, 0.29) is 24.9 Å². The Morgan fingerprint density at radius 3 is 2.59 bits per heavy atom. The molecule has 9 heteroatoms. The lowest BCUT2D eigenvalue weighted by molar-refractivity contribution is -0.119. The number of nitrogens with zero attached hydrogens (tertiary/aromatic N) is 2. The van der Waals surface area contributed by atoms with Crippen LogP contribution in [0.15, 0.2) is 66.9 Å². The number of anilines is 1. The highest BCUT2D eigenvalue weighted by molar-refractivity contribution is 5.94. The minimum Gasteiger partial charge on any atom is -0.442 e. The number of carbonyl (C=O) groups excluding carboxylic acids is 3. The van der Waals surface area contributed by atoms with Crippen molar-refractivity contribution in [3.8, 4) is 11.1 Å². The molecule has 174 valence electrons. The van der Waals surface area contributed by atoms with Gasteiger partial charge in [-0.05, 0) is 48.0 Å². The fourth-order valence-electron chi connectivity index (χ4n) is 3.58. The molecule has 1 aliphatic rings. The first-order valence-corrected chi connectivity index (χ1v) is 10.7. The molecule has 0 spiro atoms. The monoisotopic (exact) mass is 462 g/mol. The summed E-state index contributed by atoms with van der Waals surface area (Å²) >= 11 is 0. The second-order valence-corrected chi connectivity index (χ2v) is 7.80. The van der Waals surface area contributed by atoms with Crippen LogP contribution in [0.3, 0.4) is 0 Å². The molecule has 1 aliphatic heterocycles. The second kappa shape index (κ2) is 10.1. The van der Waals surface area contributed by atoms with Crippen molar-refractivity contribution in [3.63, 3.8) is 0 Å². The third-order valence-corrected chi connectivity index (χ3v) is 5.33. The number of aromatic nitrogens is 1. The number of benzene rings is 2. The third kappa shape index (κ3) is 5.37. The van der Waals surface area contributed by atoms with Crippen LogP contribution < -0.4 is 15.5 Å². The molecule has 0 saturated carbocycles. The number of amides is 3. The summed E-state index contributed by atoms with van der Waals surface area (Å²) in [5.74, 6) is -0.987. The van der Waals surface area contributed by atoms with E-state index < -0.39 is 18.0 Å². The average Bonchev–Trinajstić information content (AvgIpc) is 3.22. The number of rotatable bonds is 7. The van der Waals surface area contributed by atoms with Gasteiger partial charge in [0.25, 0.3) is 5.91 Å². The molecule has 0 unspecified atom stereocenters. The third-order valence-electron chi connectivity index (χ3n) is 5.33. The first kappa shape index (κ1) is 22.9. The van der Waals surface area contributed by atoms with Gasteiger partial charge in [0.2, 0.25) is 5.91 Å². The Morgan fingerprint density at radius 1 is 1.12 bits per heavy atom. The van der Waals surface area contributed by atoms with Crippen LogP contribution in [-0.4, -0.2) is 42.1 Å². The van der Waals surface area contributed by atoms with E-state index in [2.05, 4.69) is 15.6 Å². The Labute approximate surface area is 195 Å². The molecule has 34 heavy (non-hydrogen) atoms. The first-order valence-electron chi connectivity index (χ1n) is 10.7. The topological polar surface area (TPSA) is 101 Å². The summed E-state index contributed by atoms with van der Waals surface area (Å²) in [7, 11) is 0. The van der Waals surface area contributed by atoms with Crippen molar-refractivity contribution in [2.75, 3.05) is 18.0 Å². The van der Waals surface area contributed by atoms with Gasteiger partial charge in [-0.15, -0.1) is 0 Å². The lowest BCUT2D eigenvalue weighted by Gasteiger charge is -2.14. The first-order chi connectivity index (χ1) is 16.4. The number of hydrogen-bond acceptors (Lipinski definition) is 5. The molecule has 0 aliphatic carbocycles. The van der Waals surface area contributed by atoms with Crippen LogP contribution in [0.25, 0.3) is 11.1 Å². The van der Waals surface area contributed by atoms with E-state index in [1.54, 1.807) is 48.7 Å². The van der Waals surface area contributed by atoms with Crippen molar-refractivity contribution in [1.29, 1.82) is 0 Å². The van der Waals surface area contributed by atoms with Crippen molar-refractivity contribution in [2.24, 2.45) is 0 Å². The maximum absolute atomic E-state index is 14.9. The number of hydrogen-bond donors (Lipinski definition) is 2. The lowest BCUT2D eigenvalue weighted by Crippen LogP contribution is -2.33. The molecule has 1 atom stereocenters. The molecule has 3 amide bonds. The highest BCUT2D eigenvalue weighted by Gasteiger charge is 2.32. The van der Waals surface area contributed by atoms with E-state index >= 15 is 0 Å². The molecule has 3 aromatic rings. The van der Waals surface area contributed by atoms with Gasteiger partial charge in [0.1, 0.15) is 11.9 Å². The van der Waals surface area contributed by atoms with Gasteiger partial charge in [0.15, 0.2) is 0 Å². The highest BCUT2D eigenvalue weighted by Crippen LogP contribution is 2.29. The van der Waals surface area contributed by atoms with Crippen LogP contribution in [0, 0.1) is 5.82 Å². The van der Waals surface area contributed by atoms with Gasteiger partial charge in [-0.1, -0.05) is 18.2 Å². The zero-order chi connectivity index (χ0) is 24.1. The fourth-order valence-corrected chi connectivity index (χ4v) is 3.58. The van der Waals surface area contributed by atoms with E-state index in [9.17, 15) is 18.8 Å². The second-order valence-electron chi connectivity index (χ2n) is 7.80. The average molecular weight is 462 g/mol. The summed E-state index contributed by atoms with van der Waals surface area (Å²) in [4.78, 5) is 41.1. The molecule has 8 nitrogen and oxygen atoms in total. The SMILES string of the molecule is CC(=O)NC[C@H]1CN(c2ccc(-c3ccc(C(=O)NCc4ccccn4)cc3)c(F)c2)C(=O)O1. The Kier molecular flexibility index (Phi) is 6.82. The summed E-state index contributed by atoms with van der Waals surface area (Å²) < 4.78 is 20.1. The zero-order valence-corrected chi connectivity index (χ0v) is 18.5. The predicted octanol–water partition coefficient (Wildman–Crippen LogP) is 3.28. The maximum atomic E-state index is 14.9. The van der Waals surface area contributed by atoms with E-state index in [0.717, 1.165) is 5.69 Å². The number of ether oxygens (including phenoxy) is 1. The minimum atomic E-state index is -0.594. The van der Waals surface area contributed by atoms with E-state index in [4.69, 9.17) is 4.74 Å². The Balaban J connectivity index is 1.41. The van der Waals surface area contributed by atoms with Crippen LogP contribution in [0.5, 0.6) is 0 Å². The molecular weight excluding hydrogens is 439 g/mol. The largest absolute Gasteiger partial charge is 0.442 e. The molecule has 1 aromatic heterocycles. The standard InChI is InChI=1S/C25H23FN4O4/c1-16(31)28-14-21-15-30(25(33)34-21)20-9-10-22(23(26)12-20)17-5-7-18(8-6-17)24(32)29-13-19-4-2-3-11-27-19/h2-12,21H,13-15H2,1H3,(H,28,31)(H,29,32)/t21-/m0/s1. The molecule has 2 heterocycles. The maximum Gasteiger partial charge on any atom is 0.414 e. The number of cyclic esters (lactones) is 1. The minimum absolute atomic E-state index is 0.194. The van der Waals surface area contributed by atoms with Gasteiger partial charge >= 0.3 is 6.09 Å². The van der Waals surface area contributed by atoms with Crippen molar-refractivity contribution in [3.05, 3.63) is 83.9 Å². The lowest BCUT2D eigenvalue weighted by atomic mass is 10.0. The summed E-state index contributed by atoms with van der Waals surface area (Å²) in [6.45, 7) is 2.09. The molecule has 4 rings (SSSR count). The summed E-state index contributed by atoms with van der Waals surface area (Å²) in [6.07, 6.45) is 0.562. The van der Waals surface area contributed by atoms with E-state index in [1.165, 1.54) is 17.9 Å². The highest BCUT2D eigenvalue weighted by atomic mass is 19.1. The Hall–Kier alpha value is -4.27. The molecule has 0 radical (unpaired) electrons. The normalized spacial score (nSPS) is 15.1. The van der Waals surface area contributed by atoms with Crippen LogP contribution in [-0.2, 0) is 16.1 Å². The van der Waals surface area contributed by atoms with Gasteiger partial charge in [0, 0.05) is 24.2 Å². The van der Waals surface area contributed by atoms with Crippen molar-refractivity contribution in [2.45, 2.75) is 19.6 Å². The molecule has 1 fully saturated rings. The van der Waals surface area contributed by atoms with Crippen molar-refractivity contribution >= 4 is 23.6 Å². The molecule has 1 saturated heterocycles. The quantitative estimate of drug-likeness (QED) is 0.561. The van der Waals surface area contributed by atoms with Crippen LogP contribution in [0.1, 0.15) is 23.0 Å².